The van der Waals surface area contributed by atoms with Gasteiger partial charge < -0.3 is 5.11 Å². The second-order valence-corrected chi connectivity index (χ2v) is 7.63. The summed E-state index contributed by atoms with van der Waals surface area (Å²) in [5.74, 6) is 0. The Kier molecular flexibility index (Phi) is 4.74. The van der Waals surface area contributed by atoms with E-state index in [-0.39, 0.29) is 11.5 Å². The highest BCUT2D eigenvalue weighted by Crippen LogP contribution is 2.29. The molecule has 4 nitrogen and oxygen atoms in total. The number of benzene rings is 1. The van der Waals surface area contributed by atoms with Crippen LogP contribution in [0.3, 0.4) is 0 Å². The fourth-order valence-corrected chi connectivity index (χ4v) is 4.95. The Bertz CT molecular complexity index is 690. The molecule has 2 aromatic rings. The monoisotopic (exact) mass is 329 g/mol. The molecule has 20 heavy (non-hydrogen) atoms. The largest absolute Gasteiger partial charge is 0.391 e. The van der Waals surface area contributed by atoms with Gasteiger partial charge in [-0.3, -0.25) is 4.72 Å². The maximum Gasteiger partial charge on any atom is 0.263 e. The molecule has 0 atom stereocenters. The van der Waals surface area contributed by atoms with Crippen molar-refractivity contribution in [3.05, 3.63) is 40.1 Å². The van der Waals surface area contributed by atoms with Crippen LogP contribution in [0.2, 0.25) is 0 Å². The Morgan fingerprint density at radius 3 is 2.50 bits per heavy atom. The van der Waals surface area contributed by atoms with E-state index in [9.17, 15) is 13.5 Å². The third kappa shape index (κ3) is 3.17. The highest BCUT2D eigenvalue weighted by Gasteiger charge is 2.22. The Balaban J connectivity index is 2.32. The second kappa shape index (κ2) is 6.17. The summed E-state index contributed by atoms with van der Waals surface area (Å²) < 4.78 is 27.3. The van der Waals surface area contributed by atoms with Crippen molar-refractivity contribution in [3.8, 4) is 0 Å². The van der Waals surface area contributed by atoms with Gasteiger partial charge in [-0.25, -0.2) is 8.42 Å². The number of aryl methyl sites for hydroxylation is 1. The summed E-state index contributed by atoms with van der Waals surface area (Å²) in [7, 11) is -3.67. The molecule has 0 bridgehead atoms. The molecule has 0 aliphatic rings. The zero-order valence-corrected chi connectivity index (χ0v) is 13.5. The van der Waals surface area contributed by atoms with Crippen molar-refractivity contribution in [1.29, 1.82) is 0 Å². The minimum Gasteiger partial charge on any atom is -0.391 e. The lowest BCUT2D eigenvalue weighted by atomic mass is 10.3. The van der Waals surface area contributed by atoms with Crippen LogP contribution in [0.4, 0.5) is 5.69 Å². The molecule has 0 aliphatic heterocycles. The van der Waals surface area contributed by atoms with Crippen molar-refractivity contribution in [1.82, 2.24) is 0 Å². The third-order valence-corrected chi connectivity index (χ3v) is 6.32. The standard InChI is InChI=1S/C13H15NO3S3/c1-9-8-19-12(7-15)13(9)20(16,17)14-10-3-5-11(18-2)6-4-10/h3-6,8,14-15H,7H2,1-2H3. The van der Waals surface area contributed by atoms with Crippen LogP contribution in [0.1, 0.15) is 10.4 Å². The molecule has 0 radical (unpaired) electrons. The van der Waals surface area contributed by atoms with E-state index in [2.05, 4.69) is 4.72 Å². The number of sulfonamides is 1. The van der Waals surface area contributed by atoms with Crippen LogP contribution in [0.25, 0.3) is 0 Å². The molecule has 2 N–H and O–H groups in total. The molecule has 0 saturated heterocycles. The molecule has 0 saturated carbocycles. The summed E-state index contributed by atoms with van der Waals surface area (Å²) in [5, 5.41) is 11.0. The zero-order chi connectivity index (χ0) is 14.8. The van der Waals surface area contributed by atoms with Gasteiger partial charge in [-0.1, -0.05) is 0 Å². The number of thiophene rings is 1. The van der Waals surface area contributed by atoms with E-state index in [4.69, 9.17) is 0 Å². The van der Waals surface area contributed by atoms with Crippen LogP contribution in [0.5, 0.6) is 0 Å². The number of anilines is 1. The van der Waals surface area contributed by atoms with Gasteiger partial charge in [-0.15, -0.1) is 23.1 Å². The summed E-state index contributed by atoms with van der Waals surface area (Å²) in [6, 6.07) is 7.17. The first-order chi connectivity index (χ1) is 9.47. The third-order valence-electron chi connectivity index (χ3n) is 2.74. The Morgan fingerprint density at radius 1 is 1.30 bits per heavy atom. The van der Waals surface area contributed by atoms with Crippen LogP contribution in [0, 0.1) is 6.92 Å². The molecule has 0 spiro atoms. The summed E-state index contributed by atoms with van der Waals surface area (Å²) in [5.41, 5.74) is 1.16. The van der Waals surface area contributed by atoms with Gasteiger partial charge in [0.25, 0.3) is 10.0 Å². The van der Waals surface area contributed by atoms with Gasteiger partial charge in [-0.05, 0) is 48.4 Å². The van der Waals surface area contributed by atoms with Crippen molar-refractivity contribution >= 4 is 38.8 Å². The van der Waals surface area contributed by atoms with E-state index in [1.54, 1.807) is 36.2 Å². The number of hydrogen-bond donors (Lipinski definition) is 2. The van der Waals surface area contributed by atoms with E-state index in [1.807, 2.05) is 18.4 Å². The van der Waals surface area contributed by atoms with Gasteiger partial charge in [-0.2, -0.15) is 0 Å². The molecule has 1 heterocycles. The minimum absolute atomic E-state index is 0.180. The Hall–Kier alpha value is -1.02. The lowest BCUT2D eigenvalue weighted by molar-refractivity contribution is 0.282. The fraction of sp³-hybridized carbons (Fsp3) is 0.231. The topological polar surface area (TPSA) is 66.4 Å². The van der Waals surface area contributed by atoms with Gasteiger partial charge in [0.05, 0.1) is 11.5 Å². The van der Waals surface area contributed by atoms with Gasteiger partial charge >= 0.3 is 0 Å². The van der Waals surface area contributed by atoms with Crippen molar-refractivity contribution in [2.24, 2.45) is 0 Å². The first-order valence-electron chi connectivity index (χ1n) is 5.82. The fourth-order valence-electron chi connectivity index (χ4n) is 1.82. The quantitative estimate of drug-likeness (QED) is 0.827. The molecular weight excluding hydrogens is 314 g/mol. The first-order valence-corrected chi connectivity index (χ1v) is 9.41. The summed E-state index contributed by atoms with van der Waals surface area (Å²) in [4.78, 5) is 1.70. The van der Waals surface area contributed by atoms with Crippen molar-refractivity contribution in [2.45, 2.75) is 23.3 Å². The van der Waals surface area contributed by atoms with Crippen LogP contribution >= 0.6 is 23.1 Å². The predicted octanol–water partition coefficient (Wildman–Crippen LogP) is 3.07. The molecule has 1 aromatic heterocycles. The number of rotatable bonds is 5. The number of aliphatic hydroxyl groups is 1. The van der Waals surface area contributed by atoms with Crippen molar-refractivity contribution < 1.29 is 13.5 Å². The van der Waals surface area contributed by atoms with Gasteiger partial charge in [0, 0.05) is 10.6 Å². The molecule has 2 rings (SSSR count). The molecule has 0 amide bonds. The van der Waals surface area contributed by atoms with Crippen LogP contribution in [0.15, 0.2) is 39.4 Å². The van der Waals surface area contributed by atoms with Crippen LogP contribution in [-0.2, 0) is 16.6 Å². The smallest absolute Gasteiger partial charge is 0.263 e. The average molecular weight is 329 g/mol. The highest BCUT2D eigenvalue weighted by atomic mass is 32.2. The SMILES string of the molecule is CSc1ccc(NS(=O)(=O)c2c(C)csc2CO)cc1. The second-order valence-electron chi connectivity index (χ2n) is 4.16. The minimum atomic E-state index is -3.67. The van der Waals surface area contributed by atoms with Crippen LogP contribution < -0.4 is 4.72 Å². The molecule has 7 heteroatoms. The van der Waals surface area contributed by atoms with E-state index < -0.39 is 10.0 Å². The molecular formula is C13H15NO3S3. The first kappa shape index (κ1) is 15.4. The number of hydrogen-bond acceptors (Lipinski definition) is 5. The predicted molar refractivity (Wildman–Crippen MR) is 84.0 cm³/mol. The summed E-state index contributed by atoms with van der Waals surface area (Å²) in [6.45, 7) is 1.45. The van der Waals surface area contributed by atoms with Gasteiger partial charge in [0.2, 0.25) is 0 Å². The van der Waals surface area contributed by atoms with Gasteiger partial charge in [0.15, 0.2) is 0 Å². The highest BCUT2D eigenvalue weighted by molar-refractivity contribution is 7.98. The number of nitrogens with one attached hydrogen (secondary N) is 1. The number of aliphatic hydroxyl groups excluding tert-OH is 1. The van der Waals surface area contributed by atoms with Gasteiger partial charge in [0.1, 0.15) is 4.90 Å². The lowest BCUT2D eigenvalue weighted by Gasteiger charge is -2.10. The summed E-state index contributed by atoms with van der Waals surface area (Å²) >= 11 is 2.84. The van der Waals surface area contributed by atoms with E-state index in [0.29, 0.717) is 16.1 Å². The molecule has 108 valence electrons. The maximum atomic E-state index is 12.4. The number of thioether (sulfide) groups is 1. The van der Waals surface area contributed by atoms with E-state index in [0.717, 1.165) is 4.90 Å². The van der Waals surface area contributed by atoms with Crippen molar-refractivity contribution in [3.63, 3.8) is 0 Å². The normalized spacial score (nSPS) is 11.6. The molecule has 1 aromatic carbocycles. The Labute approximate surface area is 126 Å². The molecule has 0 aliphatic carbocycles. The molecule has 0 unspecified atom stereocenters. The zero-order valence-electron chi connectivity index (χ0n) is 11.1. The van der Waals surface area contributed by atoms with E-state index in [1.165, 1.54) is 11.3 Å². The average Bonchev–Trinajstić information content (AvgIpc) is 2.81. The van der Waals surface area contributed by atoms with Crippen LogP contribution in [-0.4, -0.2) is 19.8 Å². The molecule has 0 fully saturated rings. The lowest BCUT2D eigenvalue weighted by Crippen LogP contribution is -2.14. The Morgan fingerprint density at radius 2 is 1.95 bits per heavy atom. The maximum absolute atomic E-state index is 12.4. The summed E-state index contributed by atoms with van der Waals surface area (Å²) in [6.07, 6.45) is 1.96. The van der Waals surface area contributed by atoms with E-state index >= 15 is 0 Å². The van der Waals surface area contributed by atoms with Crippen molar-refractivity contribution in [2.75, 3.05) is 11.0 Å².